The second-order valence-corrected chi connectivity index (χ2v) is 8.27. The summed E-state index contributed by atoms with van der Waals surface area (Å²) in [6.07, 6.45) is 1.95. The van der Waals surface area contributed by atoms with Gasteiger partial charge in [-0.05, 0) is 30.5 Å². The molecule has 1 unspecified atom stereocenters. The Bertz CT molecular complexity index is 1140. The van der Waals surface area contributed by atoms with Crippen molar-refractivity contribution in [2.24, 2.45) is 19.8 Å². The minimum Gasteiger partial charge on any atom is -0.341 e. The van der Waals surface area contributed by atoms with Crippen molar-refractivity contribution >= 4 is 33.0 Å². The fourth-order valence-corrected chi connectivity index (χ4v) is 4.05. The monoisotopic (exact) mass is 446 g/mol. The van der Waals surface area contributed by atoms with Crippen LogP contribution >= 0.6 is 15.9 Å². The molecular formula is C19H23BrN6O2. The van der Waals surface area contributed by atoms with Gasteiger partial charge in [0.25, 0.3) is 5.56 Å². The zero-order valence-corrected chi connectivity index (χ0v) is 17.5. The molecule has 4 rings (SSSR count). The van der Waals surface area contributed by atoms with Gasteiger partial charge in [0.2, 0.25) is 5.95 Å². The zero-order valence-electron chi connectivity index (χ0n) is 15.9. The molecule has 3 aromatic rings. The lowest BCUT2D eigenvalue weighted by Gasteiger charge is -2.31. The van der Waals surface area contributed by atoms with Gasteiger partial charge < -0.3 is 10.6 Å². The van der Waals surface area contributed by atoms with E-state index in [2.05, 4.69) is 20.8 Å². The van der Waals surface area contributed by atoms with Crippen molar-refractivity contribution < 1.29 is 0 Å². The molecule has 8 nitrogen and oxygen atoms in total. The maximum Gasteiger partial charge on any atom is 0.332 e. The molecule has 0 radical (unpaired) electrons. The highest BCUT2D eigenvalue weighted by Crippen LogP contribution is 2.24. The smallest absolute Gasteiger partial charge is 0.332 e. The van der Waals surface area contributed by atoms with E-state index in [9.17, 15) is 9.59 Å². The van der Waals surface area contributed by atoms with Crippen LogP contribution in [0.4, 0.5) is 5.95 Å². The van der Waals surface area contributed by atoms with E-state index >= 15 is 0 Å². The summed E-state index contributed by atoms with van der Waals surface area (Å²) in [6, 6.07) is 8.03. The fraction of sp³-hybridized carbons (Fsp3) is 0.421. The van der Waals surface area contributed by atoms with Gasteiger partial charge in [0.1, 0.15) is 0 Å². The Labute approximate surface area is 170 Å². The third kappa shape index (κ3) is 3.18. The van der Waals surface area contributed by atoms with E-state index in [0.717, 1.165) is 34.0 Å². The van der Waals surface area contributed by atoms with Crippen LogP contribution in [0.3, 0.4) is 0 Å². The van der Waals surface area contributed by atoms with E-state index in [0.29, 0.717) is 30.2 Å². The number of piperidine rings is 1. The molecule has 3 heterocycles. The van der Waals surface area contributed by atoms with Crippen LogP contribution in [0.1, 0.15) is 18.4 Å². The molecule has 1 aromatic carbocycles. The second-order valence-electron chi connectivity index (χ2n) is 7.35. The molecular weight excluding hydrogens is 424 g/mol. The summed E-state index contributed by atoms with van der Waals surface area (Å²) >= 11 is 3.45. The maximum atomic E-state index is 13.0. The number of hydrogen-bond acceptors (Lipinski definition) is 5. The first kappa shape index (κ1) is 18.9. The Morgan fingerprint density at radius 2 is 1.89 bits per heavy atom. The van der Waals surface area contributed by atoms with Crippen molar-refractivity contribution in [1.82, 2.24) is 18.7 Å². The average Bonchev–Trinajstić information content (AvgIpc) is 3.06. The summed E-state index contributed by atoms with van der Waals surface area (Å²) in [4.78, 5) is 32.2. The normalized spacial score (nSPS) is 17.4. The molecule has 148 valence electrons. The Hall–Kier alpha value is -2.39. The summed E-state index contributed by atoms with van der Waals surface area (Å²) in [5.74, 6) is 0.686. The lowest BCUT2D eigenvalue weighted by molar-refractivity contribution is 0.495. The highest BCUT2D eigenvalue weighted by atomic mass is 79.9. The van der Waals surface area contributed by atoms with Gasteiger partial charge in [0.15, 0.2) is 11.2 Å². The van der Waals surface area contributed by atoms with Gasteiger partial charge in [-0.2, -0.15) is 4.98 Å². The van der Waals surface area contributed by atoms with Crippen molar-refractivity contribution in [1.29, 1.82) is 0 Å². The summed E-state index contributed by atoms with van der Waals surface area (Å²) in [5, 5.41) is 0. The van der Waals surface area contributed by atoms with Crippen molar-refractivity contribution in [3.8, 4) is 0 Å². The number of nitrogens with two attached hydrogens (primary N) is 1. The predicted octanol–water partition coefficient (Wildman–Crippen LogP) is 1.17. The minimum absolute atomic E-state index is 0.0707. The summed E-state index contributed by atoms with van der Waals surface area (Å²) in [5.41, 5.74) is 7.34. The van der Waals surface area contributed by atoms with Crippen molar-refractivity contribution in [3.05, 3.63) is 55.1 Å². The number of aryl methyl sites for hydroxylation is 1. The van der Waals surface area contributed by atoms with Gasteiger partial charge >= 0.3 is 5.69 Å². The number of aromatic nitrogens is 4. The zero-order chi connectivity index (χ0) is 20.0. The largest absolute Gasteiger partial charge is 0.341 e. The standard InChI is InChI=1S/C19H23BrN6O2/c1-23-16-15(17(27)24(2)19(23)28)26(10-12-5-7-13(20)8-6-12)18(22-16)25-9-3-4-14(21)11-25/h5-8,14H,3-4,9-11,21H2,1-2H3. The molecule has 0 amide bonds. The van der Waals surface area contributed by atoms with Crippen LogP contribution in [0, 0.1) is 0 Å². The average molecular weight is 447 g/mol. The Kier molecular flexibility index (Phi) is 4.88. The molecule has 2 N–H and O–H groups in total. The van der Waals surface area contributed by atoms with Crippen LogP contribution in [0.25, 0.3) is 11.2 Å². The topological polar surface area (TPSA) is 91.1 Å². The third-order valence-electron chi connectivity index (χ3n) is 5.32. The Morgan fingerprint density at radius 3 is 2.57 bits per heavy atom. The van der Waals surface area contributed by atoms with Crippen molar-refractivity contribution in [3.63, 3.8) is 0 Å². The SMILES string of the molecule is Cn1c(=O)c2c(nc(N3CCCC(N)C3)n2Cc2ccc(Br)cc2)n(C)c1=O. The predicted molar refractivity (Wildman–Crippen MR) is 113 cm³/mol. The van der Waals surface area contributed by atoms with Gasteiger partial charge in [-0.3, -0.25) is 18.5 Å². The second kappa shape index (κ2) is 7.21. The van der Waals surface area contributed by atoms with E-state index in [-0.39, 0.29) is 17.3 Å². The quantitative estimate of drug-likeness (QED) is 0.651. The van der Waals surface area contributed by atoms with E-state index in [1.807, 2.05) is 28.8 Å². The van der Waals surface area contributed by atoms with Crippen LogP contribution in [-0.4, -0.2) is 37.8 Å². The van der Waals surface area contributed by atoms with Crippen LogP contribution in [0.5, 0.6) is 0 Å². The molecule has 1 aliphatic heterocycles. The van der Waals surface area contributed by atoms with Crippen LogP contribution in [0.15, 0.2) is 38.3 Å². The number of benzene rings is 1. The lowest BCUT2D eigenvalue weighted by atomic mass is 10.1. The van der Waals surface area contributed by atoms with Gasteiger partial charge in [-0.1, -0.05) is 28.1 Å². The summed E-state index contributed by atoms with van der Waals surface area (Å²) in [7, 11) is 3.14. The van der Waals surface area contributed by atoms with Gasteiger partial charge in [-0.25, -0.2) is 4.79 Å². The lowest BCUT2D eigenvalue weighted by Crippen LogP contribution is -2.44. The first-order valence-electron chi connectivity index (χ1n) is 9.28. The number of rotatable bonds is 3. The number of anilines is 1. The molecule has 1 atom stereocenters. The van der Waals surface area contributed by atoms with Gasteiger partial charge in [-0.15, -0.1) is 0 Å². The molecule has 0 aliphatic carbocycles. The van der Waals surface area contributed by atoms with Crippen LogP contribution in [0.2, 0.25) is 0 Å². The highest BCUT2D eigenvalue weighted by Gasteiger charge is 2.25. The fourth-order valence-electron chi connectivity index (χ4n) is 3.79. The molecule has 28 heavy (non-hydrogen) atoms. The Balaban J connectivity index is 1.95. The highest BCUT2D eigenvalue weighted by molar-refractivity contribution is 9.10. The van der Waals surface area contributed by atoms with Crippen LogP contribution < -0.4 is 21.9 Å². The van der Waals surface area contributed by atoms with Crippen molar-refractivity contribution in [2.75, 3.05) is 18.0 Å². The summed E-state index contributed by atoms with van der Waals surface area (Å²) < 4.78 is 5.47. The van der Waals surface area contributed by atoms with E-state index in [1.165, 1.54) is 11.6 Å². The summed E-state index contributed by atoms with van der Waals surface area (Å²) in [6.45, 7) is 1.99. The molecule has 1 aliphatic rings. The molecule has 1 fully saturated rings. The van der Waals surface area contributed by atoms with E-state index in [4.69, 9.17) is 10.7 Å². The minimum atomic E-state index is -0.382. The van der Waals surface area contributed by atoms with Crippen LogP contribution in [-0.2, 0) is 20.6 Å². The maximum absolute atomic E-state index is 13.0. The Morgan fingerprint density at radius 1 is 1.18 bits per heavy atom. The van der Waals surface area contributed by atoms with E-state index < -0.39 is 0 Å². The number of fused-ring (bicyclic) bond motifs is 1. The molecule has 2 aromatic heterocycles. The van der Waals surface area contributed by atoms with Crippen molar-refractivity contribution in [2.45, 2.75) is 25.4 Å². The molecule has 9 heteroatoms. The van der Waals surface area contributed by atoms with E-state index in [1.54, 1.807) is 7.05 Å². The van der Waals surface area contributed by atoms with Gasteiger partial charge in [0.05, 0.1) is 6.54 Å². The molecule has 0 spiro atoms. The number of imidazole rings is 1. The molecule has 0 bridgehead atoms. The number of halogens is 1. The third-order valence-corrected chi connectivity index (χ3v) is 5.85. The molecule has 1 saturated heterocycles. The van der Waals surface area contributed by atoms with Gasteiger partial charge in [0, 0.05) is 37.7 Å². The number of nitrogens with zero attached hydrogens (tertiary/aromatic N) is 5. The first-order chi connectivity index (χ1) is 13.4. The molecule has 0 saturated carbocycles. The first-order valence-corrected chi connectivity index (χ1v) is 10.1. The number of hydrogen-bond donors (Lipinski definition) is 1.